The number of aliphatic hydroxyl groups is 1. The van der Waals surface area contributed by atoms with Gasteiger partial charge in [-0.25, -0.2) is 0 Å². The van der Waals surface area contributed by atoms with E-state index in [0.29, 0.717) is 5.56 Å². The van der Waals surface area contributed by atoms with Gasteiger partial charge in [0.1, 0.15) is 12.1 Å². The van der Waals surface area contributed by atoms with Gasteiger partial charge in [0, 0.05) is 11.5 Å². The smallest absolute Gasteiger partial charge is 0.253 e. The fraction of sp³-hybridized carbons (Fsp3) is 0.200. The normalized spacial score (nSPS) is 21.6. The third-order valence-electron chi connectivity index (χ3n) is 5.64. The highest BCUT2D eigenvalue weighted by molar-refractivity contribution is 6.04. The van der Waals surface area contributed by atoms with Crippen LogP contribution in [0.15, 0.2) is 91.0 Å². The molecular formula is C25H23NO3. The number of aliphatic hydroxyl groups excluding tert-OH is 1. The molecule has 4 nitrogen and oxygen atoms in total. The largest absolute Gasteiger partial charge is 0.383 e. The number of ketones is 1. The molecule has 1 aliphatic rings. The van der Waals surface area contributed by atoms with Gasteiger partial charge in [-0.15, -0.1) is 0 Å². The van der Waals surface area contributed by atoms with Gasteiger partial charge in [0.15, 0.2) is 5.78 Å². The molecule has 3 aromatic rings. The van der Waals surface area contributed by atoms with Gasteiger partial charge in [0.05, 0.1) is 6.04 Å². The summed E-state index contributed by atoms with van der Waals surface area (Å²) in [7, 11) is 0. The number of rotatable bonds is 5. The van der Waals surface area contributed by atoms with Gasteiger partial charge in [0.2, 0.25) is 0 Å². The van der Waals surface area contributed by atoms with Crippen molar-refractivity contribution in [2.45, 2.75) is 25.1 Å². The Bertz CT molecular complexity index is 949. The van der Waals surface area contributed by atoms with E-state index in [2.05, 4.69) is 0 Å². The minimum Gasteiger partial charge on any atom is -0.383 e. The summed E-state index contributed by atoms with van der Waals surface area (Å²) in [6.45, 7) is 1.76. The SMILES string of the molecule is C[C@@H]1C(C(=O)c2ccccc2)N(C(c2ccccc2)c2ccccc2)C(=O)[C@@H]1O. The molecule has 1 fully saturated rings. The molecule has 0 aliphatic carbocycles. The summed E-state index contributed by atoms with van der Waals surface area (Å²) in [6.07, 6.45) is -1.21. The van der Waals surface area contributed by atoms with Crippen LogP contribution in [0.1, 0.15) is 34.5 Å². The molecule has 1 unspecified atom stereocenters. The lowest BCUT2D eigenvalue weighted by Gasteiger charge is -2.34. The van der Waals surface area contributed by atoms with Gasteiger partial charge < -0.3 is 10.0 Å². The number of amides is 1. The number of hydrogen-bond acceptors (Lipinski definition) is 3. The molecule has 0 aromatic heterocycles. The van der Waals surface area contributed by atoms with Crippen LogP contribution < -0.4 is 0 Å². The van der Waals surface area contributed by atoms with E-state index in [9.17, 15) is 14.7 Å². The first-order valence-electron chi connectivity index (χ1n) is 9.79. The lowest BCUT2D eigenvalue weighted by molar-refractivity contribution is -0.136. The Morgan fingerprint density at radius 3 is 1.76 bits per heavy atom. The minimum atomic E-state index is -1.21. The first kappa shape index (κ1) is 19.1. The van der Waals surface area contributed by atoms with Crippen LogP contribution in [0.5, 0.6) is 0 Å². The number of likely N-dealkylation sites (tertiary alicyclic amines) is 1. The number of Topliss-reactive ketones (excluding diaryl/α,β-unsaturated/α-hetero) is 1. The third-order valence-corrected chi connectivity index (χ3v) is 5.64. The number of benzene rings is 3. The predicted molar refractivity (Wildman–Crippen MR) is 111 cm³/mol. The van der Waals surface area contributed by atoms with Gasteiger partial charge >= 0.3 is 0 Å². The van der Waals surface area contributed by atoms with E-state index in [1.807, 2.05) is 66.7 Å². The molecule has 3 aromatic carbocycles. The summed E-state index contributed by atoms with van der Waals surface area (Å²) >= 11 is 0. The first-order valence-corrected chi connectivity index (χ1v) is 9.79. The van der Waals surface area contributed by atoms with E-state index in [-0.39, 0.29) is 5.78 Å². The summed E-state index contributed by atoms with van der Waals surface area (Å²) in [5, 5.41) is 10.6. The zero-order chi connectivity index (χ0) is 20.4. The van der Waals surface area contributed by atoms with Crippen LogP contribution in [0.2, 0.25) is 0 Å². The van der Waals surface area contributed by atoms with Gasteiger partial charge in [-0.3, -0.25) is 9.59 Å². The molecule has 1 heterocycles. The molecule has 0 spiro atoms. The van der Waals surface area contributed by atoms with Crippen LogP contribution in [0.3, 0.4) is 0 Å². The molecule has 29 heavy (non-hydrogen) atoms. The Balaban J connectivity index is 1.85. The average molecular weight is 385 g/mol. The van der Waals surface area contributed by atoms with E-state index in [0.717, 1.165) is 11.1 Å². The minimum absolute atomic E-state index is 0.153. The molecule has 0 radical (unpaired) electrons. The summed E-state index contributed by atoms with van der Waals surface area (Å²) in [6, 6.07) is 27.1. The van der Waals surface area contributed by atoms with E-state index in [1.165, 1.54) is 0 Å². The van der Waals surface area contributed by atoms with E-state index in [1.54, 1.807) is 36.1 Å². The van der Waals surface area contributed by atoms with Crippen molar-refractivity contribution in [2.24, 2.45) is 5.92 Å². The third kappa shape index (κ3) is 3.47. The van der Waals surface area contributed by atoms with Crippen molar-refractivity contribution in [3.8, 4) is 0 Å². The maximum Gasteiger partial charge on any atom is 0.253 e. The fourth-order valence-electron chi connectivity index (χ4n) is 4.15. The zero-order valence-corrected chi connectivity index (χ0v) is 16.2. The van der Waals surface area contributed by atoms with Crippen molar-refractivity contribution in [3.05, 3.63) is 108 Å². The van der Waals surface area contributed by atoms with E-state index >= 15 is 0 Å². The topological polar surface area (TPSA) is 57.6 Å². The molecule has 146 valence electrons. The van der Waals surface area contributed by atoms with Crippen LogP contribution in [0.25, 0.3) is 0 Å². The molecule has 3 atom stereocenters. The molecule has 1 aliphatic heterocycles. The zero-order valence-electron chi connectivity index (χ0n) is 16.2. The molecular weight excluding hydrogens is 362 g/mol. The number of nitrogens with zero attached hydrogens (tertiary/aromatic N) is 1. The fourth-order valence-corrected chi connectivity index (χ4v) is 4.15. The van der Waals surface area contributed by atoms with Crippen LogP contribution in [0.4, 0.5) is 0 Å². The van der Waals surface area contributed by atoms with Crippen molar-refractivity contribution in [3.63, 3.8) is 0 Å². The molecule has 4 heteroatoms. The Hall–Kier alpha value is -3.24. The van der Waals surface area contributed by atoms with Crippen LogP contribution in [-0.2, 0) is 4.79 Å². The highest BCUT2D eigenvalue weighted by Gasteiger charge is 2.51. The summed E-state index contributed by atoms with van der Waals surface area (Å²) in [4.78, 5) is 28.2. The average Bonchev–Trinajstić information content (AvgIpc) is 3.00. The maximum absolute atomic E-state index is 13.4. The quantitative estimate of drug-likeness (QED) is 0.679. The van der Waals surface area contributed by atoms with Gasteiger partial charge in [-0.05, 0) is 11.1 Å². The van der Waals surface area contributed by atoms with Gasteiger partial charge in [-0.2, -0.15) is 0 Å². The molecule has 0 saturated carbocycles. The van der Waals surface area contributed by atoms with Crippen molar-refractivity contribution in [2.75, 3.05) is 0 Å². The van der Waals surface area contributed by atoms with E-state index < -0.39 is 30.0 Å². The lowest BCUT2D eigenvalue weighted by atomic mass is 9.90. The second kappa shape index (κ2) is 8.02. The number of carbonyl (C=O) groups excluding carboxylic acids is 2. The number of carbonyl (C=O) groups is 2. The lowest BCUT2D eigenvalue weighted by Crippen LogP contribution is -2.43. The molecule has 1 amide bonds. The monoisotopic (exact) mass is 385 g/mol. The standard InChI is InChI=1S/C25H23NO3/c1-17-21(24(28)20-15-9-4-10-16-20)26(25(29)23(17)27)22(18-11-5-2-6-12-18)19-13-7-3-8-14-19/h2-17,21-23,27H,1H3/t17-,21?,23-/m1/s1. The van der Waals surface area contributed by atoms with Crippen molar-refractivity contribution in [1.29, 1.82) is 0 Å². The van der Waals surface area contributed by atoms with Crippen molar-refractivity contribution < 1.29 is 14.7 Å². The second-order valence-corrected chi connectivity index (χ2v) is 7.45. The summed E-state index contributed by atoms with van der Waals surface area (Å²) in [5.41, 5.74) is 2.34. The van der Waals surface area contributed by atoms with Crippen LogP contribution >= 0.6 is 0 Å². The molecule has 0 bridgehead atoms. The van der Waals surface area contributed by atoms with Gasteiger partial charge in [0.25, 0.3) is 5.91 Å². The maximum atomic E-state index is 13.4. The Kier molecular flexibility index (Phi) is 5.28. The van der Waals surface area contributed by atoms with Crippen molar-refractivity contribution in [1.82, 2.24) is 4.90 Å². The summed E-state index contributed by atoms with van der Waals surface area (Å²) in [5.74, 6) is -1.07. The Morgan fingerprint density at radius 1 is 0.828 bits per heavy atom. The Labute approximate surface area is 170 Å². The molecule has 4 rings (SSSR count). The summed E-state index contributed by atoms with van der Waals surface area (Å²) < 4.78 is 0. The van der Waals surface area contributed by atoms with Crippen LogP contribution in [-0.4, -0.2) is 33.8 Å². The second-order valence-electron chi connectivity index (χ2n) is 7.45. The van der Waals surface area contributed by atoms with E-state index in [4.69, 9.17) is 0 Å². The Morgan fingerprint density at radius 2 is 1.28 bits per heavy atom. The molecule has 1 N–H and O–H groups in total. The highest BCUT2D eigenvalue weighted by atomic mass is 16.3. The van der Waals surface area contributed by atoms with Crippen molar-refractivity contribution >= 4 is 11.7 Å². The van der Waals surface area contributed by atoms with Crippen LogP contribution in [0, 0.1) is 5.92 Å². The number of hydrogen-bond donors (Lipinski definition) is 1. The highest BCUT2D eigenvalue weighted by Crippen LogP contribution is 2.39. The van der Waals surface area contributed by atoms with Gasteiger partial charge in [-0.1, -0.05) is 97.9 Å². The predicted octanol–water partition coefficient (Wildman–Crippen LogP) is 3.87. The molecule has 1 saturated heterocycles. The first-order chi connectivity index (χ1) is 14.1.